The van der Waals surface area contributed by atoms with Crippen LogP contribution in [0.3, 0.4) is 0 Å². The fraction of sp³-hybridized carbons (Fsp3) is 0. The monoisotopic (exact) mass is 187 g/mol. The Hall–Kier alpha value is -0.910. The Morgan fingerprint density at radius 3 is 2.45 bits per heavy atom. The molecular weight excluding hydrogens is 185 g/mol. The summed E-state index contributed by atoms with van der Waals surface area (Å²) >= 11 is 11.1. The Balaban J connectivity index is 3.40. The summed E-state index contributed by atoms with van der Waals surface area (Å²) in [5.41, 5.74) is 0.0519. The molecule has 0 aliphatic carbocycles. The zero-order valence-corrected chi connectivity index (χ0v) is 6.82. The van der Waals surface area contributed by atoms with Crippen molar-refractivity contribution in [3.05, 3.63) is 27.7 Å². The molecule has 0 spiro atoms. The van der Waals surface area contributed by atoms with Gasteiger partial charge in [-0.2, -0.15) is 5.26 Å². The van der Waals surface area contributed by atoms with Crippen LogP contribution in [0.4, 0.5) is 0 Å². The summed E-state index contributed by atoms with van der Waals surface area (Å²) in [4.78, 5) is 0. The Kier molecular flexibility index (Phi) is 2.23. The Bertz CT molecular complexity index is 307. The summed E-state index contributed by atoms with van der Waals surface area (Å²) in [6.07, 6.45) is 0. The number of hydrogen-bond donors (Lipinski definition) is 1. The van der Waals surface area contributed by atoms with Crippen molar-refractivity contribution in [1.29, 1.82) is 5.26 Å². The second-order valence-corrected chi connectivity index (χ2v) is 2.74. The molecule has 0 radical (unpaired) electrons. The molecule has 0 amide bonds. The van der Waals surface area contributed by atoms with E-state index in [1.165, 1.54) is 12.1 Å². The second kappa shape index (κ2) is 3.00. The van der Waals surface area contributed by atoms with E-state index in [-0.39, 0.29) is 16.3 Å². The molecule has 1 aromatic carbocycles. The highest BCUT2D eigenvalue weighted by atomic mass is 35.5. The van der Waals surface area contributed by atoms with Gasteiger partial charge in [0, 0.05) is 5.02 Å². The van der Waals surface area contributed by atoms with Crippen molar-refractivity contribution in [3.8, 4) is 11.8 Å². The molecule has 0 heterocycles. The van der Waals surface area contributed by atoms with Crippen LogP contribution in [0.15, 0.2) is 12.1 Å². The fourth-order valence-corrected chi connectivity index (χ4v) is 1.20. The Morgan fingerprint density at radius 2 is 2.00 bits per heavy atom. The molecule has 1 N–H and O–H groups in total. The van der Waals surface area contributed by atoms with Crippen molar-refractivity contribution in [1.82, 2.24) is 0 Å². The number of nitriles is 1. The number of nitrogens with zero attached hydrogens (tertiary/aromatic N) is 1. The van der Waals surface area contributed by atoms with Crippen molar-refractivity contribution in [2.45, 2.75) is 0 Å². The highest BCUT2D eigenvalue weighted by molar-refractivity contribution is 6.35. The van der Waals surface area contributed by atoms with Crippen LogP contribution in [-0.4, -0.2) is 5.11 Å². The zero-order valence-electron chi connectivity index (χ0n) is 5.31. The van der Waals surface area contributed by atoms with Crippen LogP contribution < -0.4 is 0 Å². The normalized spacial score (nSPS) is 9.18. The van der Waals surface area contributed by atoms with E-state index in [2.05, 4.69) is 0 Å². The van der Waals surface area contributed by atoms with Gasteiger partial charge in [0.2, 0.25) is 0 Å². The number of rotatable bonds is 0. The first-order chi connectivity index (χ1) is 5.15. The van der Waals surface area contributed by atoms with E-state index in [9.17, 15) is 0 Å². The summed E-state index contributed by atoms with van der Waals surface area (Å²) in [7, 11) is 0. The van der Waals surface area contributed by atoms with Gasteiger partial charge >= 0.3 is 0 Å². The van der Waals surface area contributed by atoms with E-state index in [1.54, 1.807) is 6.07 Å². The van der Waals surface area contributed by atoms with E-state index in [0.29, 0.717) is 5.02 Å². The van der Waals surface area contributed by atoms with Crippen LogP contribution in [0.25, 0.3) is 0 Å². The molecule has 0 aliphatic rings. The zero-order chi connectivity index (χ0) is 8.43. The van der Waals surface area contributed by atoms with Crippen LogP contribution in [0.5, 0.6) is 5.75 Å². The maximum absolute atomic E-state index is 9.08. The van der Waals surface area contributed by atoms with Crippen LogP contribution in [0, 0.1) is 11.3 Å². The molecular formula is C7H3Cl2NO. The molecule has 56 valence electrons. The summed E-state index contributed by atoms with van der Waals surface area (Å²) in [6.45, 7) is 0. The maximum atomic E-state index is 9.08. The topological polar surface area (TPSA) is 44.0 Å². The van der Waals surface area contributed by atoms with Crippen molar-refractivity contribution in [2.75, 3.05) is 0 Å². The van der Waals surface area contributed by atoms with E-state index >= 15 is 0 Å². The van der Waals surface area contributed by atoms with Gasteiger partial charge in [-0.1, -0.05) is 23.2 Å². The summed E-state index contributed by atoms with van der Waals surface area (Å²) in [5.74, 6) is -0.190. The molecule has 0 atom stereocenters. The quantitative estimate of drug-likeness (QED) is 0.679. The lowest BCUT2D eigenvalue weighted by Gasteiger charge is -1.98. The number of phenols is 1. The predicted octanol–water partition coefficient (Wildman–Crippen LogP) is 2.57. The minimum Gasteiger partial charge on any atom is -0.506 e. The molecule has 0 unspecified atom stereocenters. The largest absolute Gasteiger partial charge is 0.506 e. The van der Waals surface area contributed by atoms with Crippen LogP contribution in [0.2, 0.25) is 10.0 Å². The first-order valence-electron chi connectivity index (χ1n) is 2.73. The number of phenolic OH excluding ortho intramolecular Hbond substituents is 1. The molecule has 0 aromatic heterocycles. The highest BCUT2D eigenvalue weighted by Crippen LogP contribution is 2.28. The van der Waals surface area contributed by atoms with E-state index in [4.69, 9.17) is 33.6 Å². The number of halogens is 2. The number of benzene rings is 1. The minimum absolute atomic E-state index is 0.0519. The Labute approximate surface area is 73.6 Å². The lowest BCUT2D eigenvalue weighted by atomic mass is 10.2. The Morgan fingerprint density at radius 1 is 1.36 bits per heavy atom. The highest BCUT2D eigenvalue weighted by Gasteiger charge is 2.06. The van der Waals surface area contributed by atoms with Gasteiger partial charge < -0.3 is 5.11 Å². The second-order valence-electron chi connectivity index (χ2n) is 1.89. The van der Waals surface area contributed by atoms with Crippen molar-refractivity contribution < 1.29 is 5.11 Å². The van der Waals surface area contributed by atoms with E-state index in [1.807, 2.05) is 0 Å². The summed E-state index contributed by atoms with van der Waals surface area (Å²) in [6, 6.07) is 4.42. The minimum atomic E-state index is -0.190. The smallest absolute Gasteiger partial charge is 0.136 e. The van der Waals surface area contributed by atoms with Gasteiger partial charge in [-0.3, -0.25) is 0 Å². The molecule has 0 saturated carbocycles. The van der Waals surface area contributed by atoms with Crippen molar-refractivity contribution in [3.63, 3.8) is 0 Å². The average Bonchev–Trinajstić information content (AvgIpc) is 1.85. The van der Waals surface area contributed by atoms with Gasteiger partial charge in [0.15, 0.2) is 0 Å². The van der Waals surface area contributed by atoms with Gasteiger partial charge in [-0.15, -0.1) is 0 Å². The first kappa shape index (κ1) is 8.19. The van der Waals surface area contributed by atoms with Gasteiger partial charge in [-0.25, -0.2) is 0 Å². The standard InChI is InChI=1S/C7H3Cl2NO/c8-4-1-6(9)5(3-10)7(11)2-4/h1-2,11H. The molecule has 4 heteroatoms. The van der Waals surface area contributed by atoms with Crippen molar-refractivity contribution in [2.24, 2.45) is 0 Å². The maximum Gasteiger partial charge on any atom is 0.136 e. The van der Waals surface area contributed by atoms with Crippen LogP contribution >= 0.6 is 23.2 Å². The summed E-state index contributed by atoms with van der Waals surface area (Å²) in [5, 5.41) is 18.0. The third kappa shape index (κ3) is 1.56. The molecule has 1 rings (SSSR count). The van der Waals surface area contributed by atoms with Gasteiger partial charge in [0.25, 0.3) is 0 Å². The molecule has 1 aromatic rings. The predicted molar refractivity (Wildman–Crippen MR) is 42.8 cm³/mol. The van der Waals surface area contributed by atoms with Crippen LogP contribution in [-0.2, 0) is 0 Å². The molecule has 0 bridgehead atoms. The first-order valence-corrected chi connectivity index (χ1v) is 3.49. The number of aromatic hydroxyl groups is 1. The third-order valence-electron chi connectivity index (χ3n) is 1.15. The fourth-order valence-electron chi connectivity index (χ4n) is 0.671. The third-order valence-corrected chi connectivity index (χ3v) is 1.66. The molecule has 0 aliphatic heterocycles. The van der Waals surface area contributed by atoms with Crippen LogP contribution in [0.1, 0.15) is 5.56 Å². The molecule has 0 fully saturated rings. The van der Waals surface area contributed by atoms with E-state index < -0.39 is 0 Å². The average molecular weight is 188 g/mol. The molecule has 0 saturated heterocycles. The SMILES string of the molecule is N#Cc1c(O)cc(Cl)cc1Cl. The number of hydrogen-bond acceptors (Lipinski definition) is 2. The van der Waals surface area contributed by atoms with Crippen molar-refractivity contribution >= 4 is 23.2 Å². The van der Waals surface area contributed by atoms with Gasteiger partial charge in [-0.05, 0) is 12.1 Å². The lowest BCUT2D eigenvalue weighted by molar-refractivity contribution is 0.473. The molecule has 11 heavy (non-hydrogen) atoms. The van der Waals surface area contributed by atoms with E-state index in [0.717, 1.165) is 0 Å². The molecule has 2 nitrogen and oxygen atoms in total. The van der Waals surface area contributed by atoms with Gasteiger partial charge in [0.1, 0.15) is 17.4 Å². The van der Waals surface area contributed by atoms with Gasteiger partial charge in [0.05, 0.1) is 5.02 Å². The lowest BCUT2D eigenvalue weighted by Crippen LogP contribution is -1.78. The summed E-state index contributed by atoms with van der Waals surface area (Å²) < 4.78 is 0.